The molecule has 0 unspecified atom stereocenters. The number of carbonyl (C=O) groups excluding carboxylic acids is 1. The quantitative estimate of drug-likeness (QED) is 0.488. The summed E-state index contributed by atoms with van der Waals surface area (Å²) in [4.78, 5) is 11.5. The molecule has 1 rings (SSSR count). The van der Waals surface area contributed by atoms with Gasteiger partial charge in [0.25, 0.3) is 0 Å². The van der Waals surface area contributed by atoms with Crippen LogP contribution >= 0.6 is 15.9 Å². The highest BCUT2D eigenvalue weighted by molar-refractivity contribution is 9.08. The molecule has 0 fully saturated rings. The Morgan fingerprint density at radius 2 is 2.16 bits per heavy atom. The standard InChI is InChI=1S/C10H10BrF3N4O/c1-18(17-15)9(19)16-8-4-2-3-7(6(8)5-11)10(12,13)14/h2-4,15H,5H2,1H3,(H,16,19). The number of halogens is 4. The van der Waals surface area contributed by atoms with Gasteiger partial charge in [-0.15, -0.1) is 0 Å². The average molecular weight is 339 g/mol. The lowest BCUT2D eigenvalue weighted by atomic mass is 10.1. The molecule has 0 aromatic heterocycles. The summed E-state index contributed by atoms with van der Waals surface area (Å²) in [6.07, 6.45) is -4.50. The topological polar surface area (TPSA) is 68.5 Å². The molecule has 2 amide bonds. The number of nitrogens with one attached hydrogen (secondary N) is 2. The number of nitrogens with zero attached hydrogens (tertiary/aromatic N) is 2. The van der Waals surface area contributed by atoms with Gasteiger partial charge in [-0.2, -0.15) is 23.7 Å². The van der Waals surface area contributed by atoms with Gasteiger partial charge in [-0.05, 0) is 17.7 Å². The van der Waals surface area contributed by atoms with Crippen molar-refractivity contribution in [3.8, 4) is 0 Å². The number of hydrogen-bond acceptors (Lipinski definition) is 3. The van der Waals surface area contributed by atoms with Gasteiger partial charge in [-0.25, -0.2) is 4.79 Å². The fourth-order valence-corrected chi connectivity index (χ4v) is 1.96. The van der Waals surface area contributed by atoms with Crippen molar-refractivity contribution in [3.05, 3.63) is 29.3 Å². The Bertz CT molecular complexity index is 492. The predicted molar refractivity (Wildman–Crippen MR) is 66.0 cm³/mol. The fraction of sp³-hybridized carbons (Fsp3) is 0.300. The summed E-state index contributed by atoms with van der Waals surface area (Å²) in [5.74, 6) is 0. The number of alkyl halides is 4. The predicted octanol–water partition coefficient (Wildman–Crippen LogP) is 4.01. The lowest BCUT2D eigenvalue weighted by molar-refractivity contribution is -0.138. The van der Waals surface area contributed by atoms with E-state index in [4.69, 9.17) is 5.53 Å². The Morgan fingerprint density at radius 1 is 1.53 bits per heavy atom. The molecule has 0 radical (unpaired) electrons. The first-order valence-electron chi connectivity index (χ1n) is 4.98. The Labute approximate surface area is 115 Å². The third-order valence-corrected chi connectivity index (χ3v) is 2.86. The van der Waals surface area contributed by atoms with Crippen molar-refractivity contribution in [1.29, 1.82) is 5.53 Å². The van der Waals surface area contributed by atoms with Crippen LogP contribution in [0.15, 0.2) is 23.4 Å². The van der Waals surface area contributed by atoms with Crippen LogP contribution in [0.2, 0.25) is 0 Å². The molecular formula is C10H10BrF3N4O. The van der Waals surface area contributed by atoms with Crippen molar-refractivity contribution >= 4 is 27.6 Å². The number of amides is 2. The first-order valence-corrected chi connectivity index (χ1v) is 6.10. The Kier molecular flexibility index (Phi) is 4.87. The van der Waals surface area contributed by atoms with Gasteiger partial charge in [-0.3, -0.25) is 0 Å². The van der Waals surface area contributed by atoms with Crippen LogP contribution in [0.5, 0.6) is 0 Å². The van der Waals surface area contributed by atoms with E-state index in [9.17, 15) is 18.0 Å². The van der Waals surface area contributed by atoms with Gasteiger partial charge in [0.1, 0.15) is 0 Å². The Hall–Kier alpha value is -1.64. The fourth-order valence-electron chi connectivity index (χ4n) is 1.36. The van der Waals surface area contributed by atoms with Gasteiger partial charge < -0.3 is 5.32 Å². The monoisotopic (exact) mass is 338 g/mol. The summed E-state index contributed by atoms with van der Waals surface area (Å²) >= 11 is 2.97. The molecule has 2 N–H and O–H groups in total. The molecule has 5 nitrogen and oxygen atoms in total. The second-order valence-electron chi connectivity index (χ2n) is 3.52. The van der Waals surface area contributed by atoms with Crippen molar-refractivity contribution in [2.24, 2.45) is 5.22 Å². The number of urea groups is 1. The molecule has 0 spiro atoms. The van der Waals surface area contributed by atoms with Crippen LogP contribution < -0.4 is 5.32 Å². The van der Waals surface area contributed by atoms with Crippen molar-refractivity contribution < 1.29 is 18.0 Å². The molecule has 0 bridgehead atoms. The van der Waals surface area contributed by atoms with E-state index in [-0.39, 0.29) is 16.6 Å². The van der Waals surface area contributed by atoms with Crippen LogP contribution in [0.3, 0.4) is 0 Å². The molecule has 0 saturated heterocycles. The molecule has 19 heavy (non-hydrogen) atoms. The van der Waals surface area contributed by atoms with Crippen molar-refractivity contribution in [1.82, 2.24) is 5.01 Å². The first-order chi connectivity index (χ1) is 8.81. The number of benzene rings is 1. The molecule has 0 heterocycles. The molecule has 104 valence electrons. The second-order valence-corrected chi connectivity index (χ2v) is 4.08. The SMILES string of the molecule is CN(N=N)C(=O)Nc1cccc(C(F)(F)F)c1CBr. The molecule has 0 atom stereocenters. The molecule has 1 aromatic carbocycles. The molecular weight excluding hydrogens is 329 g/mol. The van der Waals surface area contributed by atoms with E-state index < -0.39 is 17.8 Å². The average Bonchev–Trinajstić information content (AvgIpc) is 2.36. The van der Waals surface area contributed by atoms with Crippen LogP contribution in [0.4, 0.5) is 23.7 Å². The van der Waals surface area contributed by atoms with E-state index in [2.05, 4.69) is 26.5 Å². The molecule has 0 aliphatic carbocycles. The molecule has 0 aliphatic rings. The molecule has 1 aromatic rings. The van der Waals surface area contributed by atoms with Gasteiger partial charge in [0.05, 0.1) is 5.56 Å². The Balaban J connectivity index is 3.15. The minimum atomic E-state index is -4.50. The van der Waals surface area contributed by atoms with Gasteiger partial charge in [0.2, 0.25) is 0 Å². The minimum Gasteiger partial charge on any atom is -0.306 e. The van der Waals surface area contributed by atoms with E-state index in [1.807, 2.05) is 0 Å². The largest absolute Gasteiger partial charge is 0.416 e. The van der Waals surface area contributed by atoms with E-state index in [1.165, 1.54) is 19.2 Å². The molecule has 9 heteroatoms. The number of rotatable bonds is 3. The number of anilines is 1. The van der Waals surface area contributed by atoms with Gasteiger partial charge in [0, 0.05) is 18.1 Å². The van der Waals surface area contributed by atoms with Crippen molar-refractivity contribution in [2.75, 3.05) is 12.4 Å². The van der Waals surface area contributed by atoms with E-state index in [0.29, 0.717) is 5.01 Å². The third kappa shape index (κ3) is 3.66. The number of hydrogen-bond donors (Lipinski definition) is 2. The third-order valence-electron chi connectivity index (χ3n) is 2.30. The highest BCUT2D eigenvalue weighted by Crippen LogP contribution is 2.36. The Morgan fingerprint density at radius 3 is 2.63 bits per heavy atom. The highest BCUT2D eigenvalue weighted by atomic mass is 79.9. The summed E-state index contributed by atoms with van der Waals surface area (Å²) in [6.45, 7) is 0. The lowest BCUT2D eigenvalue weighted by Gasteiger charge is -2.17. The van der Waals surface area contributed by atoms with Crippen LogP contribution in [-0.4, -0.2) is 18.1 Å². The maximum Gasteiger partial charge on any atom is 0.416 e. The normalized spacial score (nSPS) is 11.0. The lowest BCUT2D eigenvalue weighted by Crippen LogP contribution is -2.27. The summed E-state index contributed by atoms with van der Waals surface area (Å²) < 4.78 is 38.4. The highest BCUT2D eigenvalue weighted by Gasteiger charge is 2.34. The summed E-state index contributed by atoms with van der Waals surface area (Å²) in [7, 11) is 1.21. The zero-order chi connectivity index (χ0) is 14.6. The number of carbonyl (C=O) groups is 1. The van der Waals surface area contributed by atoms with E-state index >= 15 is 0 Å². The van der Waals surface area contributed by atoms with Gasteiger partial charge >= 0.3 is 12.2 Å². The van der Waals surface area contributed by atoms with Crippen molar-refractivity contribution in [3.63, 3.8) is 0 Å². The molecule has 0 saturated carbocycles. The smallest absolute Gasteiger partial charge is 0.306 e. The van der Waals surface area contributed by atoms with Crippen LogP contribution in [0.25, 0.3) is 0 Å². The summed E-state index contributed by atoms with van der Waals surface area (Å²) in [5.41, 5.74) is 5.76. The maximum absolute atomic E-state index is 12.8. The molecule has 0 aliphatic heterocycles. The summed E-state index contributed by atoms with van der Waals surface area (Å²) in [5, 5.41) is 5.71. The van der Waals surface area contributed by atoms with Crippen LogP contribution in [0.1, 0.15) is 11.1 Å². The van der Waals surface area contributed by atoms with Gasteiger partial charge in [-0.1, -0.05) is 27.2 Å². The van der Waals surface area contributed by atoms with E-state index in [1.54, 1.807) is 0 Å². The summed E-state index contributed by atoms with van der Waals surface area (Å²) in [6, 6.07) is 2.69. The van der Waals surface area contributed by atoms with E-state index in [0.717, 1.165) is 6.07 Å². The maximum atomic E-state index is 12.8. The van der Waals surface area contributed by atoms with Crippen molar-refractivity contribution in [2.45, 2.75) is 11.5 Å². The first kappa shape index (κ1) is 15.4. The van der Waals surface area contributed by atoms with Crippen LogP contribution in [-0.2, 0) is 11.5 Å². The zero-order valence-corrected chi connectivity index (χ0v) is 11.3. The minimum absolute atomic E-state index is 0.0206. The zero-order valence-electron chi connectivity index (χ0n) is 9.75. The van der Waals surface area contributed by atoms with Gasteiger partial charge in [0.15, 0.2) is 0 Å². The van der Waals surface area contributed by atoms with Crippen LogP contribution in [0, 0.1) is 5.53 Å². The second kappa shape index (κ2) is 6.00.